The van der Waals surface area contributed by atoms with E-state index >= 15 is 0 Å². The predicted octanol–water partition coefficient (Wildman–Crippen LogP) is 12.3. The number of hydrogen-bond acceptors (Lipinski definition) is 5. The third-order valence-corrected chi connectivity index (χ3v) is 12.2. The fourth-order valence-corrected chi connectivity index (χ4v) is 9.41. The summed E-state index contributed by atoms with van der Waals surface area (Å²) in [4.78, 5) is 11.5. The minimum absolute atomic E-state index is 0. The second-order valence-corrected chi connectivity index (χ2v) is 15.7. The minimum Gasteiger partial charge on any atom is -0.509 e. The number of anilines is 5. The summed E-state index contributed by atoms with van der Waals surface area (Å²) in [6, 6.07) is 58.3. The zero-order valence-corrected chi connectivity index (χ0v) is 36.1. The minimum atomic E-state index is 0. The van der Waals surface area contributed by atoms with Gasteiger partial charge in [0.15, 0.2) is 0 Å². The van der Waals surface area contributed by atoms with E-state index in [1.807, 2.05) is 44.6 Å². The number of rotatable bonds is 6. The number of benzene rings is 7. The van der Waals surface area contributed by atoms with E-state index in [4.69, 9.17) is 9.72 Å². The Morgan fingerprint density at radius 1 is 0.557 bits per heavy atom. The maximum absolute atomic E-state index is 6.64. The smallest absolute Gasteiger partial charge is 0.137 e. The number of aryl methyl sites for hydroxylation is 2. The Hall–Kier alpha value is -7.02. The molecule has 5 heterocycles. The van der Waals surface area contributed by atoms with Crippen LogP contribution in [-0.4, -0.2) is 32.8 Å². The molecule has 12 rings (SSSR count). The number of hydrogen-bond donors (Lipinski definition) is 0. The van der Waals surface area contributed by atoms with Gasteiger partial charge in [-0.1, -0.05) is 72.2 Å². The molecule has 0 saturated carbocycles. The fourth-order valence-electron chi connectivity index (χ4n) is 9.41. The van der Waals surface area contributed by atoms with Gasteiger partial charge in [0, 0.05) is 128 Å². The van der Waals surface area contributed by atoms with Gasteiger partial charge < -0.3 is 33.1 Å². The number of nitrogens with zero attached hydrogens (tertiary/aromatic N) is 7. The molecular formula is C52H38N7OPt-3. The molecule has 1 aliphatic heterocycles. The molecule has 9 heteroatoms. The molecule has 0 amide bonds. The summed E-state index contributed by atoms with van der Waals surface area (Å²) in [5.41, 5.74) is 11.9. The molecule has 11 aromatic rings. The second kappa shape index (κ2) is 14.0. The first-order valence-corrected chi connectivity index (χ1v) is 20.1. The number of para-hydroxylation sites is 5. The van der Waals surface area contributed by atoms with Gasteiger partial charge in [0.05, 0.1) is 16.7 Å². The van der Waals surface area contributed by atoms with Crippen molar-refractivity contribution in [2.75, 3.05) is 28.8 Å². The van der Waals surface area contributed by atoms with Gasteiger partial charge in [-0.05, 0) is 47.9 Å². The van der Waals surface area contributed by atoms with Crippen LogP contribution in [0.2, 0.25) is 0 Å². The van der Waals surface area contributed by atoms with Crippen LogP contribution in [0, 0.1) is 18.8 Å². The third-order valence-electron chi connectivity index (χ3n) is 12.2. The average Bonchev–Trinajstić information content (AvgIpc) is 4.00. The summed E-state index contributed by atoms with van der Waals surface area (Å²) in [7, 11) is 8.45. The monoisotopic (exact) mass is 971 g/mol. The van der Waals surface area contributed by atoms with E-state index in [0.29, 0.717) is 11.5 Å². The summed E-state index contributed by atoms with van der Waals surface area (Å²) in [5.74, 6) is 2.01. The van der Waals surface area contributed by atoms with Gasteiger partial charge in [-0.15, -0.1) is 48.1 Å². The van der Waals surface area contributed by atoms with Crippen LogP contribution in [0.5, 0.6) is 11.5 Å². The molecular weight excluding hydrogens is 934 g/mol. The Labute approximate surface area is 367 Å². The molecule has 0 saturated heterocycles. The summed E-state index contributed by atoms with van der Waals surface area (Å²) in [6.45, 7) is 2.20. The topological polar surface area (TPSA) is 46.6 Å². The predicted molar refractivity (Wildman–Crippen MR) is 247 cm³/mol. The third kappa shape index (κ3) is 5.52. The molecule has 61 heavy (non-hydrogen) atoms. The number of pyridine rings is 1. The van der Waals surface area contributed by atoms with Gasteiger partial charge in [-0.3, -0.25) is 0 Å². The summed E-state index contributed by atoms with van der Waals surface area (Å²) >= 11 is 0. The SMILES string of the molecule is CN(C)c1ccnc(-n2c3[c-]c(Oc4[c-]c(N5[CH-]N(c6c7c(cc8c9ccccc9n(C)c68)c6ccccc6n7C)c6ccccc65)ccc4)ccc3c3ccccc32)c1.[Pt]. The van der Waals surface area contributed by atoms with Gasteiger partial charge >= 0.3 is 0 Å². The van der Waals surface area contributed by atoms with Crippen LogP contribution in [0.1, 0.15) is 0 Å². The molecule has 0 N–H and O–H groups in total. The van der Waals surface area contributed by atoms with Gasteiger partial charge in [-0.2, -0.15) is 12.1 Å². The van der Waals surface area contributed by atoms with E-state index in [-0.39, 0.29) is 21.1 Å². The molecule has 1 aliphatic rings. The largest absolute Gasteiger partial charge is 0.509 e. The molecule has 0 fully saturated rings. The Balaban J connectivity index is 0.00000420. The Kier molecular flexibility index (Phi) is 8.52. The quantitative estimate of drug-likeness (QED) is 0.155. The average molecular weight is 972 g/mol. The first kappa shape index (κ1) is 37.0. The van der Waals surface area contributed by atoms with E-state index in [9.17, 15) is 0 Å². The number of fused-ring (bicyclic) bond motifs is 10. The van der Waals surface area contributed by atoms with Crippen LogP contribution in [0.4, 0.5) is 28.4 Å². The van der Waals surface area contributed by atoms with Crippen molar-refractivity contribution in [2.24, 2.45) is 14.1 Å². The molecule has 0 radical (unpaired) electrons. The molecule has 0 spiro atoms. The zero-order valence-electron chi connectivity index (χ0n) is 33.9. The van der Waals surface area contributed by atoms with E-state index < -0.39 is 0 Å². The van der Waals surface area contributed by atoms with Gasteiger partial charge in [-0.25, -0.2) is 4.98 Å². The first-order chi connectivity index (χ1) is 29.4. The van der Waals surface area contributed by atoms with Crippen LogP contribution in [0.25, 0.3) is 71.2 Å². The molecule has 0 aliphatic carbocycles. The zero-order chi connectivity index (χ0) is 40.2. The van der Waals surface area contributed by atoms with E-state index in [1.54, 1.807) is 0 Å². The number of aromatic nitrogens is 4. The van der Waals surface area contributed by atoms with Gasteiger partial charge in [0.1, 0.15) is 5.82 Å². The van der Waals surface area contributed by atoms with Crippen molar-refractivity contribution in [3.05, 3.63) is 171 Å². The van der Waals surface area contributed by atoms with Crippen LogP contribution < -0.4 is 19.4 Å². The van der Waals surface area contributed by atoms with Crippen LogP contribution >= 0.6 is 0 Å². The molecule has 4 aromatic heterocycles. The molecule has 7 aromatic carbocycles. The summed E-state index contributed by atoms with van der Waals surface area (Å²) < 4.78 is 13.5. The molecule has 0 atom stereocenters. The van der Waals surface area contributed by atoms with Crippen molar-refractivity contribution in [3.63, 3.8) is 0 Å². The summed E-state index contributed by atoms with van der Waals surface area (Å²) in [5, 5.41) is 7.15. The normalized spacial score (nSPS) is 12.7. The van der Waals surface area contributed by atoms with E-state index in [0.717, 1.165) is 56.1 Å². The maximum Gasteiger partial charge on any atom is 0.137 e. The Morgan fingerprint density at radius 3 is 1.82 bits per heavy atom. The van der Waals surface area contributed by atoms with Crippen molar-refractivity contribution in [1.29, 1.82) is 0 Å². The van der Waals surface area contributed by atoms with Gasteiger partial charge in [0.2, 0.25) is 0 Å². The number of ether oxygens (including phenoxy) is 1. The van der Waals surface area contributed by atoms with Crippen molar-refractivity contribution in [3.8, 4) is 17.3 Å². The summed E-state index contributed by atoms with van der Waals surface area (Å²) in [6.07, 6.45) is 1.85. The van der Waals surface area contributed by atoms with Crippen molar-refractivity contribution in [1.82, 2.24) is 18.7 Å². The van der Waals surface area contributed by atoms with E-state index in [1.165, 1.54) is 43.6 Å². The molecule has 0 bridgehead atoms. The molecule has 0 unspecified atom stereocenters. The van der Waals surface area contributed by atoms with Crippen molar-refractivity contribution < 1.29 is 25.8 Å². The van der Waals surface area contributed by atoms with Crippen molar-refractivity contribution >= 4 is 93.9 Å². The van der Waals surface area contributed by atoms with Crippen LogP contribution in [0.15, 0.2) is 152 Å². The van der Waals surface area contributed by atoms with Crippen LogP contribution in [-0.2, 0) is 35.2 Å². The standard InChI is InChI=1S/C52H38N7O.Pt/c1-54(2)33-26-27-53-49(29-33)59-45-21-10-7-16-37(45)40-25-24-36(30-48(40)59)60-35-15-13-14-34(28-35)57-32-58(47-23-12-11-22-46(47)57)52-50-41(38-17-5-8-19-43(38)55(50)3)31-42-39-18-6-9-20-44(39)56(4)51(42)52;/h5-27,29,31-32H,1-4H3;/q-3;. The Morgan fingerprint density at radius 2 is 1.15 bits per heavy atom. The second-order valence-electron chi connectivity index (χ2n) is 15.7. The Bertz CT molecular complexity index is 3450. The fraction of sp³-hybridized carbons (Fsp3) is 0.0769. The first-order valence-electron chi connectivity index (χ1n) is 20.1. The van der Waals surface area contributed by atoms with Crippen molar-refractivity contribution in [2.45, 2.75) is 0 Å². The molecule has 300 valence electrons. The van der Waals surface area contributed by atoms with Gasteiger partial charge in [0.25, 0.3) is 0 Å². The maximum atomic E-state index is 6.64. The van der Waals surface area contributed by atoms with Crippen LogP contribution in [0.3, 0.4) is 0 Å². The van der Waals surface area contributed by atoms with E-state index in [2.05, 4.69) is 183 Å². The molecule has 8 nitrogen and oxygen atoms in total.